The van der Waals surface area contributed by atoms with Gasteiger partial charge in [-0.15, -0.1) is 0 Å². The van der Waals surface area contributed by atoms with Crippen molar-refractivity contribution in [3.8, 4) is 0 Å². The van der Waals surface area contributed by atoms with Crippen molar-refractivity contribution >= 4 is 11.8 Å². The van der Waals surface area contributed by atoms with E-state index in [-0.39, 0.29) is 35.1 Å². The molecule has 1 N–H and O–H groups in total. The van der Waals surface area contributed by atoms with Crippen molar-refractivity contribution in [1.82, 2.24) is 19.8 Å². The van der Waals surface area contributed by atoms with E-state index in [0.717, 1.165) is 49.9 Å². The molecule has 26 heavy (non-hydrogen) atoms. The van der Waals surface area contributed by atoms with Gasteiger partial charge in [0.2, 0.25) is 11.8 Å². The zero-order chi connectivity index (χ0) is 17.8. The fraction of sp³-hybridized carbons (Fsp3) is 0.684. The molecule has 2 aliphatic heterocycles. The van der Waals surface area contributed by atoms with Crippen LogP contribution in [0.25, 0.3) is 0 Å². The smallest absolute Gasteiger partial charge is 0.254 e. The van der Waals surface area contributed by atoms with Crippen LogP contribution in [-0.2, 0) is 22.6 Å². The van der Waals surface area contributed by atoms with Crippen molar-refractivity contribution in [1.29, 1.82) is 0 Å². The van der Waals surface area contributed by atoms with E-state index in [1.165, 1.54) is 0 Å². The molecule has 2 saturated carbocycles. The van der Waals surface area contributed by atoms with Gasteiger partial charge in [-0.2, -0.15) is 0 Å². The van der Waals surface area contributed by atoms with E-state index >= 15 is 0 Å². The Morgan fingerprint density at radius 1 is 0.962 bits per heavy atom. The molecule has 0 aromatic carbocycles. The standard InChI is InChI=1S/C19H24N4O3/c24-17-14-6-8-23(19(26)12-3-4-12)10-15(14)20-16(21-17)13-5-7-22(9-13)18(25)11-1-2-11/h11-13H,1-10H2,(H,20,21,24). The van der Waals surface area contributed by atoms with Gasteiger partial charge in [-0.25, -0.2) is 4.98 Å². The summed E-state index contributed by atoms with van der Waals surface area (Å²) in [6.45, 7) is 2.44. The minimum atomic E-state index is -0.0736. The molecule has 1 saturated heterocycles. The molecular formula is C19H24N4O3. The number of fused-ring (bicyclic) bond motifs is 1. The molecule has 0 spiro atoms. The number of hydrogen-bond donors (Lipinski definition) is 1. The number of nitrogens with one attached hydrogen (secondary N) is 1. The van der Waals surface area contributed by atoms with E-state index in [4.69, 9.17) is 4.98 Å². The van der Waals surface area contributed by atoms with E-state index in [1.807, 2.05) is 9.80 Å². The minimum Gasteiger partial charge on any atom is -0.342 e. The molecule has 7 nitrogen and oxygen atoms in total. The lowest BCUT2D eigenvalue weighted by Crippen LogP contribution is -2.40. The molecule has 7 heteroatoms. The Bertz CT molecular complexity index is 825. The summed E-state index contributed by atoms with van der Waals surface area (Å²) in [6.07, 6.45) is 5.42. The highest BCUT2D eigenvalue weighted by Crippen LogP contribution is 2.35. The number of hydrogen-bond acceptors (Lipinski definition) is 4. The van der Waals surface area contributed by atoms with Gasteiger partial charge in [-0.3, -0.25) is 14.4 Å². The molecule has 5 rings (SSSR count). The first-order chi connectivity index (χ1) is 12.6. The average Bonchev–Trinajstić information content (AvgIpc) is 3.57. The van der Waals surface area contributed by atoms with E-state index in [9.17, 15) is 14.4 Å². The highest BCUT2D eigenvalue weighted by atomic mass is 16.2. The molecule has 2 amide bonds. The largest absolute Gasteiger partial charge is 0.342 e. The van der Waals surface area contributed by atoms with Crippen LogP contribution in [-0.4, -0.2) is 51.2 Å². The average molecular weight is 356 g/mol. The van der Waals surface area contributed by atoms with Crippen LogP contribution in [0.2, 0.25) is 0 Å². The fourth-order valence-electron chi connectivity index (χ4n) is 4.20. The topological polar surface area (TPSA) is 86.4 Å². The third kappa shape index (κ3) is 2.83. The van der Waals surface area contributed by atoms with E-state index in [2.05, 4.69) is 4.98 Å². The normalized spacial score (nSPS) is 25.3. The number of likely N-dealkylation sites (tertiary alicyclic amines) is 1. The summed E-state index contributed by atoms with van der Waals surface area (Å²) >= 11 is 0. The van der Waals surface area contributed by atoms with E-state index < -0.39 is 0 Å². The Balaban J connectivity index is 1.35. The maximum Gasteiger partial charge on any atom is 0.254 e. The Kier molecular flexibility index (Phi) is 3.65. The molecule has 3 heterocycles. The zero-order valence-corrected chi connectivity index (χ0v) is 14.9. The number of rotatable bonds is 3. The highest BCUT2D eigenvalue weighted by Gasteiger charge is 2.38. The summed E-state index contributed by atoms with van der Waals surface area (Å²) in [5.74, 6) is 1.65. The lowest BCUT2D eigenvalue weighted by molar-refractivity contribution is -0.133. The van der Waals surface area contributed by atoms with Gasteiger partial charge in [0.05, 0.1) is 12.2 Å². The van der Waals surface area contributed by atoms with Crippen LogP contribution in [0.15, 0.2) is 4.79 Å². The molecule has 4 aliphatic rings. The predicted octanol–water partition coefficient (Wildman–Crippen LogP) is 0.790. The summed E-state index contributed by atoms with van der Waals surface area (Å²) in [5.41, 5.74) is 1.39. The first kappa shape index (κ1) is 16.0. The van der Waals surface area contributed by atoms with Crippen LogP contribution in [0.4, 0.5) is 0 Å². The van der Waals surface area contributed by atoms with Gasteiger partial charge in [0, 0.05) is 43.0 Å². The molecule has 0 bridgehead atoms. The fourth-order valence-corrected chi connectivity index (χ4v) is 4.20. The summed E-state index contributed by atoms with van der Waals surface area (Å²) in [7, 11) is 0. The van der Waals surface area contributed by atoms with Gasteiger partial charge < -0.3 is 14.8 Å². The molecule has 138 valence electrons. The number of nitrogens with zero attached hydrogens (tertiary/aromatic N) is 3. The number of carbonyl (C=O) groups excluding carboxylic acids is 2. The van der Waals surface area contributed by atoms with Crippen molar-refractivity contribution < 1.29 is 9.59 Å². The first-order valence-electron chi connectivity index (χ1n) is 9.79. The molecular weight excluding hydrogens is 332 g/mol. The van der Waals surface area contributed by atoms with Crippen LogP contribution in [0.5, 0.6) is 0 Å². The molecule has 3 fully saturated rings. The van der Waals surface area contributed by atoms with Crippen LogP contribution in [0.3, 0.4) is 0 Å². The van der Waals surface area contributed by atoms with Crippen molar-refractivity contribution in [2.75, 3.05) is 19.6 Å². The van der Waals surface area contributed by atoms with Crippen molar-refractivity contribution in [2.45, 2.75) is 51.0 Å². The van der Waals surface area contributed by atoms with Crippen LogP contribution in [0, 0.1) is 11.8 Å². The predicted molar refractivity (Wildman–Crippen MR) is 93.4 cm³/mol. The van der Waals surface area contributed by atoms with Crippen LogP contribution < -0.4 is 5.56 Å². The number of amides is 2. The number of aromatic nitrogens is 2. The number of carbonyl (C=O) groups is 2. The summed E-state index contributed by atoms with van der Waals surface area (Å²) in [6, 6.07) is 0. The lowest BCUT2D eigenvalue weighted by atomic mass is 10.0. The van der Waals surface area contributed by atoms with E-state index in [1.54, 1.807) is 0 Å². The second-order valence-electron chi connectivity index (χ2n) is 8.20. The number of H-pyrrole nitrogens is 1. The second kappa shape index (κ2) is 5.93. The minimum absolute atomic E-state index is 0.0736. The van der Waals surface area contributed by atoms with Crippen LogP contribution in [0.1, 0.15) is 55.1 Å². The molecule has 2 aliphatic carbocycles. The van der Waals surface area contributed by atoms with Gasteiger partial charge in [-0.05, 0) is 38.5 Å². The molecule has 0 radical (unpaired) electrons. The third-order valence-electron chi connectivity index (χ3n) is 6.14. The number of aromatic amines is 1. The quantitative estimate of drug-likeness (QED) is 0.868. The Morgan fingerprint density at radius 2 is 1.65 bits per heavy atom. The van der Waals surface area contributed by atoms with Gasteiger partial charge in [0.15, 0.2) is 0 Å². The van der Waals surface area contributed by atoms with Gasteiger partial charge in [-0.1, -0.05) is 0 Å². The maximum absolute atomic E-state index is 12.5. The third-order valence-corrected chi connectivity index (χ3v) is 6.14. The Hall–Kier alpha value is -2.18. The zero-order valence-electron chi connectivity index (χ0n) is 14.9. The Morgan fingerprint density at radius 3 is 2.35 bits per heavy atom. The monoisotopic (exact) mass is 356 g/mol. The second-order valence-corrected chi connectivity index (χ2v) is 8.20. The molecule has 1 aromatic rings. The molecule has 1 aromatic heterocycles. The van der Waals surface area contributed by atoms with Crippen molar-refractivity contribution in [3.05, 3.63) is 27.4 Å². The van der Waals surface area contributed by atoms with Gasteiger partial charge in [0.1, 0.15) is 5.82 Å². The molecule has 1 atom stereocenters. The van der Waals surface area contributed by atoms with Gasteiger partial charge in [0.25, 0.3) is 5.56 Å². The van der Waals surface area contributed by atoms with Crippen LogP contribution >= 0.6 is 0 Å². The molecule has 1 unspecified atom stereocenters. The summed E-state index contributed by atoms with van der Waals surface area (Å²) in [5, 5.41) is 0. The first-order valence-corrected chi connectivity index (χ1v) is 9.79. The van der Waals surface area contributed by atoms with Crippen molar-refractivity contribution in [2.24, 2.45) is 11.8 Å². The van der Waals surface area contributed by atoms with E-state index in [0.29, 0.717) is 31.9 Å². The SMILES string of the molecule is O=C(C1CC1)N1CCc2c(nc(C3CCN(C(=O)C4CC4)C3)[nH]c2=O)C1. The maximum atomic E-state index is 12.5. The Labute approximate surface area is 151 Å². The lowest BCUT2D eigenvalue weighted by Gasteiger charge is -2.28. The summed E-state index contributed by atoms with van der Waals surface area (Å²) in [4.78, 5) is 48.6. The van der Waals surface area contributed by atoms with Gasteiger partial charge >= 0.3 is 0 Å². The highest BCUT2D eigenvalue weighted by molar-refractivity contribution is 5.81. The summed E-state index contributed by atoms with van der Waals surface area (Å²) < 4.78 is 0. The van der Waals surface area contributed by atoms with Crippen molar-refractivity contribution in [3.63, 3.8) is 0 Å².